The second kappa shape index (κ2) is 6.67. The predicted octanol–water partition coefficient (Wildman–Crippen LogP) is 2.02. The summed E-state index contributed by atoms with van der Waals surface area (Å²) in [7, 11) is 0. The first-order valence-corrected chi connectivity index (χ1v) is 7.10. The van der Waals surface area contributed by atoms with E-state index < -0.39 is 6.09 Å². The summed E-state index contributed by atoms with van der Waals surface area (Å²) < 4.78 is 10.6. The van der Waals surface area contributed by atoms with Crippen molar-refractivity contribution in [1.29, 1.82) is 0 Å². The van der Waals surface area contributed by atoms with Crippen LogP contribution in [-0.2, 0) is 4.74 Å². The number of carbonyl (C=O) groups is 1. The molecule has 0 aliphatic carbocycles. The van der Waals surface area contributed by atoms with E-state index in [9.17, 15) is 4.79 Å². The Morgan fingerprint density at radius 2 is 2.14 bits per heavy atom. The van der Waals surface area contributed by atoms with Gasteiger partial charge in [-0.15, -0.1) is 10.2 Å². The van der Waals surface area contributed by atoms with Crippen molar-refractivity contribution >= 4 is 17.7 Å². The molecule has 1 aliphatic heterocycles. The highest BCUT2D eigenvalue weighted by Gasteiger charge is 2.21. The van der Waals surface area contributed by atoms with Crippen LogP contribution in [0.15, 0.2) is 30.6 Å². The lowest BCUT2D eigenvalue weighted by Gasteiger charge is -2.26. The number of amides is 1. The molecule has 0 aromatic carbocycles. The maximum atomic E-state index is 12.2. The SMILES string of the molecule is O=C(Oc1cc(Cl)nnc1-c1cccnc1)N1CCOCC1. The molecule has 0 radical (unpaired) electrons. The Hall–Kier alpha value is -2.25. The van der Waals surface area contributed by atoms with Gasteiger partial charge in [-0.2, -0.15) is 0 Å². The van der Waals surface area contributed by atoms with Crippen LogP contribution in [0.25, 0.3) is 11.3 Å². The second-order valence-corrected chi connectivity index (χ2v) is 4.98. The summed E-state index contributed by atoms with van der Waals surface area (Å²) in [5.74, 6) is 0.254. The number of pyridine rings is 1. The molecule has 0 N–H and O–H groups in total. The first-order valence-electron chi connectivity index (χ1n) is 6.72. The van der Waals surface area contributed by atoms with Gasteiger partial charge >= 0.3 is 6.09 Å². The van der Waals surface area contributed by atoms with E-state index in [1.807, 2.05) is 0 Å². The van der Waals surface area contributed by atoms with Gasteiger partial charge in [-0.05, 0) is 12.1 Å². The molecule has 114 valence electrons. The van der Waals surface area contributed by atoms with Gasteiger partial charge in [0.2, 0.25) is 0 Å². The van der Waals surface area contributed by atoms with E-state index in [2.05, 4.69) is 15.2 Å². The molecule has 2 aromatic rings. The van der Waals surface area contributed by atoms with Crippen LogP contribution in [0.5, 0.6) is 5.75 Å². The summed E-state index contributed by atoms with van der Waals surface area (Å²) in [6.07, 6.45) is 2.80. The Labute approximate surface area is 131 Å². The normalized spacial score (nSPS) is 14.7. The topological polar surface area (TPSA) is 77.4 Å². The lowest BCUT2D eigenvalue weighted by atomic mass is 10.2. The van der Waals surface area contributed by atoms with Gasteiger partial charge in [0.15, 0.2) is 10.9 Å². The highest BCUT2D eigenvalue weighted by Crippen LogP contribution is 2.29. The molecule has 1 amide bonds. The quantitative estimate of drug-likeness (QED) is 0.842. The smallest absolute Gasteiger partial charge is 0.408 e. The molecule has 1 saturated heterocycles. The Morgan fingerprint density at radius 1 is 1.32 bits per heavy atom. The number of nitrogens with zero attached hydrogens (tertiary/aromatic N) is 4. The van der Waals surface area contributed by atoms with E-state index in [1.165, 1.54) is 6.07 Å². The number of carbonyl (C=O) groups excluding carboxylic acids is 1. The molecule has 7 nitrogen and oxygen atoms in total. The lowest BCUT2D eigenvalue weighted by Crippen LogP contribution is -2.42. The van der Waals surface area contributed by atoms with Gasteiger partial charge in [0, 0.05) is 37.1 Å². The van der Waals surface area contributed by atoms with Gasteiger partial charge < -0.3 is 14.4 Å². The minimum absolute atomic E-state index is 0.150. The molecular weight excluding hydrogens is 308 g/mol. The minimum Gasteiger partial charge on any atom is -0.408 e. The lowest BCUT2D eigenvalue weighted by molar-refractivity contribution is 0.0416. The molecule has 3 heterocycles. The molecule has 22 heavy (non-hydrogen) atoms. The number of halogens is 1. The molecular formula is C14H13ClN4O3. The zero-order valence-electron chi connectivity index (χ0n) is 11.6. The van der Waals surface area contributed by atoms with Crippen molar-refractivity contribution in [3.8, 4) is 17.0 Å². The fraction of sp³-hybridized carbons (Fsp3) is 0.286. The van der Waals surface area contributed by atoms with Crippen LogP contribution in [-0.4, -0.2) is 52.5 Å². The van der Waals surface area contributed by atoms with Gasteiger partial charge in [0.05, 0.1) is 13.2 Å². The first-order chi connectivity index (χ1) is 10.7. The molecule has 0 atom stereocenters. The third kappa shape index (κ3) is 3.32. The molecule has 2 aromatic heterocycles. The maximum Gasteiger partial charge on any atom is 0.415 e. The fourth-order valence-corrected chi connectivity index (χ4v) is 2.17. The zero-order valence-corrected chi connectivity index (χ0v) is 12.4. The Kier molecular flexibility index (Phi) is 4.45. The predicted molar refractivity (Wildman–Crippen MR) is 78.7 cm³/mol. The number of hydrogen-bond donors (Lipinski definition) is 0. The van der Waals surface area contributed by atoms with Crippen LogP contribution < -0.4 is 4.74 Å². The molecule has 3 rings (SSSR count). The number of hydrogen-bond acceptors (Lipinski definition) is 6. The summed E-state index contributed by atoms with van der Waals surface area (Å²) in [5, 5.41) is 7.95. The molecule has 1 aliphatic rings. The van der Waals surface area contributed by atoms with Crippen LogP contribution in [0.3, 0.4) is 0 Å². The molecule has 0 unspecified atom stereocenters. The molecule has 0 bridgehead atoms. The van der Waals surface area contributed by atoms with E-state index >= 15 is 0 Å². The van der Waals surface area contributed by atoms with E-state index in [1.54, 1.807) is 29.4 Å². The van der Waals surface area contributed by atoms with Gasteiger partial charge in [-0.1, -0.05) is 11.6 Å². The van der Waals surface area contributed by atoms with Crippen molar-refractivity contribution in [2.75, 3.05) is 26.3 Å². The number of morpholine rings is 1. The zero-order chi connectivity index (χ0) is 15.4. The van der Waals surface area contributed by atoms with Gasteiger partial charge in [-0.25, -0.2) is 4.79 Å². The monoisotopic (exact) mass is 320 g/mol. The second-order valence-electron chi connectivity index (χ2n) is 4.59. The summed E-state index contributed by atoms with van der Waals surface area (Å²) in [5.41, 5.74) is 1.11. The average molecular weight is 321 g/mol. The summed E-state index contributed by atoms with van der Waals surface area (Å²) in [4.78, 5) is 17.8. The fourth-order valence-electron chi connectivity index (χ4n) is 2.04. The van der Waals surface area contributed by atoms with Crippen LogP contribution in [0.4, 0.5) is 4.79 Å². The number of ether oxygens (including phenoxy) is 2. The standard InChI is InChI=1S/C14H13ClN4O3/c15-12-8-11(22-14(20)19-4-6-21-7-5-19)13(18-17-12)10-2-1-3-16-9-10/h1-3,8-9H,4-7H2. The highest BCUT2D eigenvalue weighted by molar-refractivity contribution is 6.29. The largest absolute Gasteiger partial charge is 0.415 e. The van der Waals surface area contributed by atoms with Crippen LogP contribution in [0, 0.1) is 0 Å². The van der Waals surface area contributed by atoms with E-state index in [0.29, 0.717) is 37.6 Å². The van der Waals surface area contributed by atoms with Crippen molar-refractivity contribution in [3.63, 3.8) is 0 Å². The number of rotatable bonds is 2. The Bertz CT molecular complexity index is 662. The van der Waals surface area contributed by atoms with Crippen LogP contribution >= 0.6 is 11.6 Å². The summed E-state index contributed by atoms with van der Waals surface area (Å²) in [6, 6.07) is 5.03. The molecule has 8 heteroatoms. The third-order valence-corrected chi connectivity index (χ3v) is 3.32. The highest BCUT2D eigenvalue weighted by atomic mass is 35.5. The summed E-state index contributed by atoms with van der Waals surface area (Å²) >= 11 is 5.86. The van der Waals surface area contributed by atoms with Crippen LogP contribution in [0.1, 0.15) is 0 Å². The summed E-state index contributed by atoms with van der Waals surface area (Å²) in [6.45, 7) is 1.99. The minimum atomic E-state index is -0.461. The molecule has 1 fully saturated rings. The van der Waals surface area contributed by atoms with Crippen molar-refractivity contribution in [3.05, 3.63) is 35.7 Å². The van der Waals surface area contributed by atoms with E-state index in [0.717, 1.165) is 0 Å². The van der Waals surface area contributed by atoms with Gasteiger partial charge in [0.25, 0.3) is 0 Å². The van der Waals surface area contributed by atoms with Crippen molar-refractivity contribution in [2.24, 2.45) is 0 Å². The molecule has 0 spiro atoms. The third-order valence-electron chi connectivity index (χ3n) is 3.13. The van der Waals surface area contributed by atoms with E-state index in [4.69, 9.17) is 21.1 Å². The number of aromatic nitrogens is 3. The first kappa shape index (κ1) is 14.7. The van der Waals surface area contributed by atoms with Crippen molar-refractivity contribution in [1.82, 2.24) is 20.1 Å². The Balaban J connectivity index is 1.86. The van der Waals surface area contributed by atoms with E-state index in [-0.39, 0.29) is 10.9 Å². The van der Waals surface area contributed by atoms with Gasteiger partial charge in [0.1, 0.15) is 5.69 Å². The van der Waals surface area contributed by atoms with Crippen LogP contribution in [0.2, 0.25) is 5.15 Å². The Morgan fingerprint density at radius 3 is 2.86 bits per heavy atom. The molecule has 0 saturated carbocycles. The van der Waals surface area contributed by atoms with Gasteiger partial charge in [-0.3, -0.25) is 4.98 Å². The van der Waals surface area contributed by atoms with Crippen molar-refractivity contribution < 1.29 is 14.3 Å². The van der Waals surface area contributed by atoms with Crippen molar-refractivity contribution in [2.45, 2.75) is 0 Å². The maximum absolute atomic E-state index is 12.2. The average Bonchev–Trinajstić information content (AvgIpc) is 2.56.